The number of hydrogen-bond acceptors (Lipinski definition) is 3. The maximum Gasteiger partial charge on any atom is 0.259 e. The number of imide groups is 1. The lowest BCUT2D eigenvalue weighted by atomic mass is 9.93. The number of carbonyl (C=O) groups excluding carboxylic acids is 2. The average Bonchev–Trinajstić information content (AvgIpc) is 3.16. The molecule has 0 radical (unpaired) electrons. The van der Waals surface area contributed by atoms with Gasteiger partial charge in [-0.25, -0.2) is 0 Å². The summed E-state index contributed by atoms with van der Waals surface area (Å²) >= 11 is 6.44. The Bertz CT molecular complexity index is 1350. The number of aromatic nitrogens is 1. The number of hydrogen-bond donors (Lipinski definition) is 2. The van der Waals surface area contributed by atoms with Crippen LogP contribution in [0.15, 0.2) is 48.5 Å². The van der Waals surface area contributed by atoms with Crippen LogP contribution < -0.4 is 10.6 Å². The van der Waals surface area contributed by atoms with Crippen molar-refractivity contribution in [2.75, 3.05) is 11.9 Å². The highest BCUT2D eigenvalue weighted by Crippen LogP contribution is 2.42. The molecule has 2 amide bonds. The first-order valence-corrected chi connectivity index (χ1v) is 9.82. The number of halogens is 1. The van der Waals surface area contributed by atoms with Gasteiger partial charge < -0.3 is 9.88 Å². The summed E-state index contributed by atoms with van der Waals surface area (Å²) in [6.07, 6.45) is 0. The summed E-state index contributed by atoms with van der Waals surface area (Å²) in [5, 5.41) is 8.05. The van der Waals surface area contributed by atoms with Crippen molar-refractivity contribution in [2.45, 2.75) is 6.92 Å². The van der Waals surface area contributed by atoms with Gasteiger partial charge in [0.25, 0.3) is 11.8 Å². The molecular formula is C23H18ClN3O2. The smallest absolute Gasteiger partial charge is 0.259 e. The standard InChI is InChI=1S/C23H18ClN3O2/c1-3-25-12-8-9-17-15(10-12)19-18(27(17)2)11-14(13-6-4-5-7-16(13)24)20-21(19)23(29)26-22(20)28/h4-11,25H,3H2,1-2H3,(H,26,28,29). The van der Waals surface area contributed by atoms with Gasteiger partial charge in [-0.05, 0) is 42.8 Å². The van der Waals surface area contributed by atoms with Crippen molar-refractivity contribution in [3.63, 3.8) is 0 Å². The predicted molar refractivity (Wildman–Crippen MR) is 117 cm³/mol. The molecule has 0 unspecified atom stereocenters. The molecule has 0 saturated carbocycles. The van der Waals surface area contributed by atoms with Gasteiger partial charge in [-0.1, -0.05) is 29.8 Å². The molecule has 0 fully saturated rings. The second-order valence-corrected chi connectivity index (χ2v) is 7.56. The zero-order valence-electron chi connectivity index (χ0n) is 16.0. The number of aryl methyl sites for hydroxylation is 1. The molecule has 1 aromatic heterocycles. The molecule has 5 rings (SSSR count). The zero-order valence-corrected chi connectivity index (χ0v) is 16.7. The zero-order chi connectivity index (χ0) is 20.3. The van der Waals surface area contributed by atoms with E-state index in [1.807, 2.05) is 56.4 Å². The first-order valence-electron chi connectivity index (χ1n) is 9.45. The summed E-state index contributed by atoms with van der Waals surface area (Å²) < 4.78 is 2.05. The van der Waals surface area contributed by atoms with Gasteiger partial charge in [0.15, 0.2) is 0 Å². The second kappa shape index (κ2) is 6.36. The molecule has 2 heterocycles. The van der Waals surface area contributed by atoms with Gasteiger partial charge in [0.2, 0.25) is 0 Å². The Labute approximate surface area is 172 Å². The number of rotatable bonds is 3. The molecule has 0 atom stereocenters. The van der Waals surface area contributed by atoms with Crippen molar-refractivity contribution in [1.29, 1.82) is 0 Å². The molecule has 1 aliphatic heterocycles. The van der Waals surface area contributed by atoms with Crippen molar-refractivity contribution in [3.8, 4) is 11.1 Å². The normalized spacial score (nSPS) is 13.2. The predicted octanol–water partition coefficient (Wildman–Crippen LogP) is 4.97. The third kappa shape index (κ3) is 2.47. The molecule has 1 aliphatic rings. The van der Waals surface area contributed by atoms with Crippen LogP contribution in [0.3, 0.4) is 0 Å². The third-order valence-electron chi connectivity index (χ3n) is 5.52. The fourth-order valence-electron chi connectivity index (χ4n) is 4.26. The molecule has 0 saturated heterocycles. The Morgan fingerprint density at radius 3 is 2.48 bits per heavy atom. The van der Waals surface area contributed by atoms with Gasteiger partial charge >= 0.3 is 0 Å². The fraction of sp³-hybridized carbons (Fsp3) is 0.130. The van der Waals surface area contributed by atoms with E-state index in [2.05, 4.69) is 15.2 Å². The summed E-state index contributed by atoms with van der Waals surface area (Å²) in [5.74, 6) is -0.757. The van der Waals surface area contributed by atoms with Crippen LogP contribution in [0.4, 0.5) is 5.69 Å². The summed E-state index contributed by atoms with van der Waals surface area (Å²) in [6, 6.07) is 15.4. The van der Waals surface area contributed by atoms with E-state index in [1.54, 1.807) is 6.07 Å². The van der Waals surface area contributed by atoms with Crippen molar-refractivity contribution in [1.82, 2.24) is 9.88 Å². The Balaban J connectivity index is 1.96. The molecule has 4 aromatic rings. The van der Waals surface area contributed by atoms with Crippen molar-refractivity contribution in [3.05, 3.63) is 64.7 Å². The van der Waals surface area contributed by atoms with Crippen LogP contribution in [-0.2, 0) is 7.05 Å². The lowest BCUT2D eigenvalue weighted by Gasteiger charge is -2.10. The Morgan fingerprint density at radius 1 is 0.966 bits per heavy atom. The molecule has 3 aromatic carbocycles. The summed E-state index contributed by atoms with van der Waals surface area (Å²) in [6.45, 7) is 2.83. The summed E-state index contributed by atoms with van der Waals surface area (Å²) in [4.78, 5) is 25.6. The Kier molecular flexibility index (Phi) is 3.89. The minimum Gasteiger partial charge on any atom is -0.385 e. The van der Waals surface area contributed by atoms with Crippen LogP contribution in [0.2, 0.25) is 5.02 Å². The fourth-order valence-corrected chi connectivity index (χ4v) is 4.50. The maximum absolute atomic E-state index is 12.8. The number of nitrogens with zero attached hydrogens (tertiary/aromatic N) is 1. The first kappa shape index (κ1) is 17.8. The molecule has 2 N–H and O–H groups in total. The van der Waals surface area contributed by atoms with Crippen LogP contribution in [0.1, 0.15) is 27.6 Å². The molecule has 0 bridgehead atoms. The average molecular weight is 404 g/mol. The van der Waals surface area contributed by atoms with E-state index in [-0.39, 0.29) is 11.8 Å². The molecule has 5 nitrogen and oxygen atoms in total. The number of benzene rings is 3. The minimum absolute atomic E-state index is 0.370. The van der Waals surface area contributed by atoms with Crippen LogP contribution in [-0.4, -0.2) is 22.9 Å². The van der Waals surface area contributed by atoms with E-state index in [0.717, 1.165) is 39.6 Å². The number of fused-ring (bicyclic) bond motifs is 5. The van der Waals surface area contributed by atoms with E-state index in [0.29, 0.717) is 21.7 Å². The molecule has 0 aliphatic carbocycles. The van der Waals surface area contributed by atoms with Gasteiger partial charge in [0.1, 0.15) is 0 Å². The number of nitrogens with one attached hydrogen (secondary N) is 2. The topological polar surface area (TPSA) is 63.1 Å². The number of carbonyl (C=O) groups is 2. The van der Waals surface area contributed by atoms with Gasteiger partial charge in [-0.15, -0.1) is 0 Å². The van der Waals surface area contributed by atoms with E-state index in [9.17, 15) is 9.59 Å². The molecule has 144 valence electrons. The first-order chi connectivity index (χ1) is 14.0. The molecule has 0 spiro atoms. The van der Waals surface area contributed by atoms with Crippen LogP contribution >= 0.6 is 11.6 Å². The van der Waals surface area contributed by atoms with Gasteiger partial charge in [-0.2, -0.15) is 0 Å². The van der Waals surface area contributed by atoms with E-state index < -0.39 is 0 Å². The van der Waals surface area contributed by atoms with Crippen molar-refractivity contribution < 1.29 is 9.59 Å². The highest BCUT2D eigenvalue weighted by Gasteiger charge is 2.34. The maximum atomic E-state index is 12.8. The highest BCUT2D eigenvalue weighted by atomic mass is 35.5. The largest absolute Gasteiger partial charge is 0.385 e. The highest BCUT2D eigenvalue weighted by molar-refractivity contribution is 6.36. The van der Waals surface area contributed by atoms with Gasteiger partial charge in [-0.3, -0.25) is 14.9 Å². The van der Waals surface area contributed by atoms with Gasteiger partial charge in [0.05, 0.1) is 16.6 Å². The van der Waals surface area contributed by atoms with E-state index in [4.69, 9.17) is 11.6 Å². The molecular weight excluding hydrogens is 386 g/mol. The number of anilines is 1. The van der Waals surface area contributed by atoms with Gasteiger partial charge in [0, 0.05) is 46.2 Å². The SMILES string of the molecule is CCNc1ccc2c(c1)c1c3c(c(-c4ccccc4Cl)cc1n2C)C(=O)NC3=O. The second-order valence-electron chi connectivity index (χ2n) is 7.15. The van der Waals surface area contributed by atoms with Crippen LogP contribution in [0.5, 0.6) is 0 Å². The quantitative estimate of drug-likeness (QED) is 0.475. The minimum atomic E-state index is -0.387. The third-order valence-corrected chi connectivity index (χ3v) is 5.85. The molecule has 29 heavy (non-hydrogen) atoms. The lowest BCUT2D eigenvalue weighted by molar-refractivity contribution is 0.0880. The van der Waals surface area contributed by atoms with Crippen LogP contribution in [0, 0.1) is 0 Å². The lowest BCUT2D eigenvalue weighted by Crippen LogP contribution is -2.20. The Morgan fingerprint density at radius 2 is 1.72 bits per heavy atom. The van der Waals surface area contributed by atoms with Crippen LogP contribution in [0.25, 0.3) is 32.9 Å². The van der Waals surface area contributed by atoms with E-state index in [1.165, 1.54) is 0 Å². The number of amides is 2. The molecule has 6 heteroatoms. The summed E-state index contributed by atoms with van der Waals surface area (Å²) in [5.41, 5.74) is 5.05. The Hall–Kier alpha value is -3.31. The van der Waals surface area contributed by atoms with Crippen molar-refractivity contribution >= 4 is 50.9 Å². The van der Waals surface area contributed by atoms with E-state index >= 15 is 0 Å². The monoisotopic (exact) mass is 403 g/mol. The summed E-state index contributed by atoms with van der Waals surface area (Å²) in [7, 11) is 1.97. The van der Waals surface area contributed by atoms with Crippen molar-refractivity contribution in [2.24, 2.45) is 7.05 Å².